The molecule has 0 heterocycles. The highest BCUT2D eigenvalue weighted by Gasteiger charge is 2.16. The first kappa shape index (κ1) is 19.3. The number of carbonyl (C=O) groups is 1. The zero-order valence-electron chi connectivity index (χ0n) is 14.3. The van der Waals surface area contributed by atoms with Crippen molar-refractivity contribution in [2.45, 2.75) is 6.92 Å². The lowest BCUT2D eigenvalue weighted by atomic mass is 10.2. The molecule has 0 atom stereocenters. The van der Waals surface area contributed by atoms with Crippen molar-refractivity contribution in [3.8, 4) is 11.5 Å². The number of halogens is 1. The fourth-order valence-electron chi connectivity index (χ4n) is 2.00. The summed E-state index contributed by atoms with van der Waals surface area (Å²) in [7, 11) is 1.44. The molecule has 26 heavy (non-hydrogen) atoms. The number of nitrogens with one attached hydrogen (secondary N) is 2. The summed E-state index contributed by atoms with van der Waals surface area (Å²) < 4.78 is 24.1. The normalized spacial score (nSPS) is 10.4. The van der Waals surface area contributed by atoms with E-state index in [0.29, 0.717) is 23.0 Å². The molecule has 0 amide bonds. The summed E-state index contributed by atoms with van der Waals surface area (Å²) in [4.78, 5) is 12.1. The first-order chi connectivity index (χ1) is 12.5. The Kier molecular flexibility index (Phi) is 7.04. The maximum Gasteiger partial charge on any atom is 0.346 e. The molecule has 0 aliphatic heterocycles. The van der Waals surface area contributed by atoms with Crippen LogP contribution in [-0.2, 0) is 0 Å². The molecule has 0 fully saturated rings. The van der Waals surface area contributed by atoms with Crippen LogP contribution in [0.15, 0.2) is 47.6 Å². The van der Waals surface area contributed by atoms with Crippen molar-refractivity contribution in [3.63, 3.8) is 0 Å². The molecule has 0 radical (unpaired) electrons. The molecule has 2 N–H and O–H groups in total. The first-order valence-corrected chi connectivity index (χ1v) is 8.17. The largest absolute Gasteiger partial charge is 0.493 e. The number of thiocarbonyl (C=S) groups is 1. The maximum absolute atomic E-state index is 13.7. The Morgan fingerprint density at radius 1 is 1.27 bits per heavy atom. The molecule has 136 valence electrons. The number of methoxy groups -OCH3 is 1. The van der Waals surface area contributed by atoms with Gasteiger partial charge in [-0.05, 0) is 55.0 Å². The smallest absolute Gasteiger partial charge is 0.346 e. The minimum absolute atomic E-state index is 0.152. The van der Waals surface area contributed by atoms with E-state index in [9.17, 15) is 9.18 Å². The van der Waals surface area contributed by atoms with Gasteiger partial charge < -0.3 is 14.8 Å². The molecule has 0 saturated heterocycles. The van der Waals surface area contributed by atoms with Gasteiger partial charge in [-0.2, -0.15) is 5.10 Å². The van der Waals surface area contributed by atoms with Crippen molar-refractivity contribution >= 4 is 29.5 Å². The second-order valence-electron chi connectivity index (χ2n) is 5.01. The third-order valence-corrected chi connectivity index (χ3v) is 3.44. The average Bonchev–Trinajstić information content (AvgIpc) is 2.63. The maximum atomic E-state index is 13.7. The molecule has 0 unspecified atom stereocenters. The number of ether oxygens (including phenoxy) is 2. The fraction of sp³-hybridized carbons (Fsp3) is 0.167. The Bertz CT molecular complexity index is 827. The van der Waals surface area contributed by atoms with Gasteiger partial charge in [-0.15, -0.1) is 0 Å². The molecule has 0 aromatic heterocycles. The van der Waals surface area contributed by atoms with Crippen molar-refractivity contribution in [3.05, 3.63) is 59.4 Å². The highest BCUT2D eigenvalue weighted by atomic mass is 32.1. The number of carbonyl (C=O) groups excluding carboxylic acids is 1. The van der Waals surface area contributed by atoms with E-state index in [2.05, 4.69) is 15.8 Å². The lowest BCUT2D eigenvalue weighted by molar-refractivity contribution is 0.0725. The molecular weight excluding hydrogens is 357 g/mol. The van der Waals surface area contributed by atoms with Crippen LogP contribution in [0.5, 0.6) is 11.5 Å². The van der Waals surface area contributed by atoms with Gasteiger partial charge in [0.05, 0.1) is 18.9 Å². The van der Waals surface area contributed by atoms with Gasteiger partial charge in [-0.3, -0.25) is 5.43 Å². The van der Waals surface area contributed by atoms with E-state index < -0.39 is 11.8 Å². The molecule has 0 bridgehead atoms. The van der Waals surface area contributed by atoms with E-state index in [0.717, 1.165) is 0 Å². The number of esters is 1. The second-order valence-corrected chi connectivity index (χ2v) is 5.42. The minimum atomic E-state index is -0.805. The lowest BCUT2D eigenvalue weighted by Crippen LogP contribution is -2.31. The predicted octanol–water partition coefficient (Wildman–Crippen LogP) is 2.87. The van der Waals surface area contributed by atoms with E-state index >= 15 is 0 Å². The zero-order chi connectivity index (χ0) is 18.9. The van der Waals surface area contributed by atoms with Crippen LogP contribution in [0, 0.1) is 5.82 Å². The van der Waals surface area contributed by atoms with Gasteiger partial charge in [-0.1, -0.05) is 12.1 Å². The van der Waals surface area contributed by atoms with Crippen LogP contribution < -0.4 is 20.2 Å². The number of rotatable bonds is 6. The third kappa shape index (κ3) is 5.25. The molecule has 2 rings (SSSR count). The van der Waals surface area contributed by atoms with Gasteiger partial charge in [0.25, 0.3) is 0 Å². The number of hydrazone groups is 1. The monoisotopic (exact) mass is 375 g/mol. The van der Waals surface area contributed by atoms with E-state index in [1.54, 1.807) is 24.3 Å². The van der Waals surface area contributed by atoms with Gasteiger partial charge in [0.1, 0.15) is 5.82 Å². The van der Waals surface area contributed by atoms with Gasteiger partial charge in [0.2, 0.25) is 0 Å². The topological polar surface area (TPSA) is 72.0 Å². The fourth-order valence-corrected chi connectivity index (χ4v) is 2.19. The molecule has 0 aliphatic rings. The van der Waals surface area contributed by atoms with Gasteiger partial charge >= 0.3 is 5.97 Å². The SMILES string of the molecule is CCNC(=S)N/N=C\c1ccc(OC(=O)c2ccccc2F)c(OC)c1. The van der Waals surface area contributed by atoms with Crippen molar-refractivity contribution in [2.24, 2.45) is 5.10 Å². The Balaban J connectivity index is 2.11. The molecule has 0 aliphatic carbocycles. The van der Waals surface area contributed by atoms with Crippen molar-refractivity contribution < 1.29 is 18.7 Å². The summed E-state index contributed by atoms with van der Waals surface area (Å²) in [6, 6.07) is 10.4. The third-order valence-electron chi connectivity index (χ3n) is 3.20. The summed E-state index contributed by atoms with van der Waals surface area (Å²) in [6.45, 7) is 2.61. The number of hydrogen-bond donors (Lipinski definition) is 2. The standard InChI is InChI=1S/C18H18FN3O3S/c1-3-20-18(26)22-21-11-12-8-9-15(16(10-12)24-2)25-17(23)13-6-4-5-7-14(13)19/h4-11H,3H2,1-2H3,(H2,20,22,26)/b21-11-. The minimum Gasteiger partial charge on any atom is -0.493 e. The molecule has 0 saturated carbocycles. The van der Waals surface area contributed by atoms with Crippen LogP contribution in [0.25, 0.3) is 0 Å². The van der Waals surface area contributed by atoms with Crippen molar-refractivity contribution in [1.82, 2.24) is 10.7 Å². The predicted molar refractivity (Wildman–Crippen MR) is 101 cm³/mol. The zero-order valence-corrected chi connectivity index (χ0v) is 15.1. The summed E-state index contributed by atoms with van der Waals surface area (Å²) in [5.74, 6) is -0.967. The van der Waals surface area contributed by atoms with Crippen LogP contribution in [0.1, 0.15) is 22.8 Å². The summed E-state index contributed by atoms with van der Waals surface area (Å²) in [5.41, 5.74) is 3.21. The highest BCUT2D eigenvalue weighted by molar-refractivity contribution is 7.80. The van der Waals surface area contributed by atoms with Gasteiger partial charge in [0.15, 0.2) is 16.6 Å². The first-order valence-electron chi connectivity index (χ1n) is 7.76. The summed E-state index contributed by atoms with van der Waals surface area (Å²) in [6.07, 6.45) is 1.54. The Labute approximate surface area is 156 Å². The van der Waals surface area contributed by atoms with Gasteiger partial charge in [-0.25, -0.2) is 9.18 Å². The van der Waals surface area contributed by atoms with E-state index in [-0.39, 0.29) is 11.3 Å². The van der Waals surface area contributed by atoms with E-state index in [1.165, 1.54) is 31.5 Å². The Hall–Kier alpha value is -3.00. The lowest BCUT2D eigenvalue weighted by Gasteiger charge is -2.10. The average molecular weight is 375 g/mol. The van der Waals surface area contributed by atoms with Crippen LogP contribution in [0.4, 0.5) is 4.39 Å². The van der Waals surface area contributed by atoms with Crippen LogP contribution in [0.3, 0.4) is 0 Å². The molecule has 2 aromatic rings. The summed E-state index contributed by atoms with van der Waals surface area (Å²) >= 11 is 4.99. The Morgan fingerprint density at radius 2 is 2.04 bits per heavy atom. The van der Waals surface area contributed by atoms with Crippen LogP contribution in [-0.4, -0.2) is 31.0 Å². The Morgan fingerprint density at radius 3 is 2.73 bits per heavy atom. The van der Waals surface area contributed by atoms with Gasteiger partial charge in [0, 0.05) is 6.54 Å². The second kappa shape index (κ2) is 9.47. The number of nitrogens with zero attached hydrogens (tertiary/aromatic N) is 1. The van der Waals surface area contributed by atoms with Crippen molar-refractivity contribution in [2.75, 3.05) is 13.7 Å². The molecule has 8 heteroatoms. The summed E-state index contributed by atoms with van der Waals surface area (Å²) in [5, 5.41) is 7.30. The molecule has 2 aromatic carbocycles. The van der Waals surface area contributed by atoms with E-state index in [1.807, 2.05) is 6.92 Å². The number of hydrogen-bond acceptors (Lipinski definition) is 5. The molecule has 6 nitrogen and oxygen atoms in total. The molecule has 0 spiro atoms. The quantitative estimate of drug-likeness (QED) is 0.266. The number of benzene rings is 2. The van der Waals surface area contributed by atoms with E-state index in [4.69, 9.17) is 21.7 Å². The van der Waals surface area contributed by atoms with Crippen LogP contribution >= 0.6 is 12.2 Å². The molecular formula is C18H18FN3O3S. The van der Waals surface area contributed by atoms with Crippen molar-refractivity contribution in [1.29, 1.82) is 0 Å². The highest BCUT2D eigenvalue weighted by Crippen LogP contribution is 2.28. The van der Waals surface area contributed by atoms with Crippen LogP contribution in [0.2, 0.25) is 0 Å².